The maximum absolute atomic E-state index is 12.2. The Kier molecular flexibility index (Phi) is 4.15. The van der Waals surface area contributed by atoms with E-state index in [1.807, 2.05) is 13.8 Å². The second-order valence-electron chi connectivity index (χ2n) is 5.09. The normalized spacial score (nSPS) is 11.0. The van der Waals surface area contributed by atoms with Crippen LogP contribution in [0, 0.1) is 0 Å². The molecule has 1 aromatic carbocycles. The molecule has 1 amide bonds. The summed E-state index contributed by atoms with van der Waals surface area (Å²) in [5.41, 5.74) is 0.737. The van der Waals surface area contributed by atoms with E-state index in [9.17, 15) is 19.6 Å². The first-order chi connectivity index (χ1) is 9.86. The molecule has 3 N–H and O–H groups in total. The number of benzene rings is 1. The fraction of sp³-hybridized carbons (Fsp3) is 0.286. The first-order valence-electron chi connectivity index (χ1n) is 6.64. The number of fused-ring (bicyclic) bond motifs is 1. The Morgan fingerprint density at radius 3 is 2.48 bits per heavy atom. The minimum Gasteiger partial charge on any atom is -0.423 e. The Labute approximate surface area is 122 Å². The molecular weight excluding hydrogens is 271 g/mol. The van der Waals surface area contributed by atoms with Crippen molar-refractivity contribution in [2.75, 3.05) is 7.05 Å². The lowest BCUT2D eigenvalue weighted by Crippen LogP contribution is -2.31. The van der Waals surface area contributed by atoms with Gasteiger partial charge in [-0.25, -0.2) is 0 Å². The molecule has 0 fully saturated rings. The number of hydrogen-bond donors (Lipinski definition) is 3. The molecular formula is C14H17BN2O4. The maximum atomic E-state index is 12.2. The van der Waals surface area contributed by atoms with Gasteiger partial charge in [-0.2, -0.15) is 0 Å². The first-order valence-corrected chi connectivity index (χ1v) is 6.64. The summed E-state index contributed by atoms with van der Waals surface area (Å²) < 4.78 is 1.71. The van der Waals surface area contributed by atoms with E-state index in [1.54, 1.807) is 10.6 Å². The number of amides is 1. The molecule has 0 atom stereocenters. The third-order valence-electron chi connectivity index (χ3n) is 3.35. The van der Waals surface area contributed by atoms with Crippen molar-refractivity contribution in [2.45, 2.75) is 19.9 Å². The lowest BCUT2D eigenvalue weighted by atomic mass is 9.80. The van der Waals surface area contributed by atoms with Crippen LogP contribution in [0.1, 0.15) is 30.4 Å². The van der Waals surface area contributed by atoms with E-state index >= 15 is 0 Å². The SMILES string of the molecule is CNC(=O)c1cc(=O)c2ccc(B(O)O)cc2n1C(C)C. The highest BCUT2D eigenvalue weighted by Crippen LogP contribution is 2.18. The number of nitrogens with zero attached hydrogens (tertiary/aromatic N) is 1. The van der Waals surface area contributed by atoms with Crippen LogP contribution in [0.5, 0.6) is 0 Å². The summed E-state index contributed by atoms with van der Waals surface area (Å²) in [6.07, 6.45) is 0. The van der Waals surface area contributed by atoms with Crippen LogP contribution in [0.15, 0.2) is 29.1 Å². The average Bonchev–Trinajstić information content (AvgIpc) is 2.45. The van der Waals surface area contributed by atoms with Gasteiger partial charge >= 0.3 is 7.12 Å². The Morgan fingerprint density at radius 2 is 1.95 bits per heavy atom. The Balaban J connectivity index is 2.91. The highest BCUT2D eigenvalue weighted by Gasteiger charge is 2.19. The van der Waals surface area contributed by atoms with Crippen molar-refractivity contribution in [1.82, 2.24) is 9.88 Å². The van der Waals surface area contributed by atoms with Crippen molar-refractivity contribution >= 4 is 29.4 Å². The quantitative estimate of drug-likeness (QED) is 0.671. The van der Waals surface area contributed by atoms with Crippen molar-refractivity contribution in [3.8, 4) is 0 Å². The highest BCUT2D eigenvalue weighted by atomic mass is 16.4. The number of hydrogen-bond acceptors (Lipinski definition) is 4. The molecule has 0 radical (unpaired) electrons. The van der Waals surface area contributed by atoms with Crippen molar-refractivity contribution in [3.05, 3.63) is 40.2 Å². The number of rotatable bonds is 3. The van der Waals surface area contributed by atoms with Gasteiger partial charge in [0.15, 0.2) is 5.43 Å². The van der Waals surface area contributed by atoms with Crippen molar-refractivity contribution < 1.29 is 14.8 Å². The molecule has 21 heavy (non-hydrogen) atoms. The second kappa shape index (κ2) is 5.71. The van der Waals surface area contributed by atoms with Crippen LogP contribution < -0.4 is 16.2 Å². The van der Waals surface area contributed by atoms with Gasteiger partial charge in [-0.3, -0.25) is 9.59 Å². The largest absolute Gasteiger partial charge is 0.488 e. The molecule has 6 nitrogen and oxygen atoms in total. The lowest BCUT2D eigenvalue weighted by molar-refractivity contribution is 0.0952. The highest BCUT2D eigenvalue weighted by molar-refractivity contribution is 6.58. The van der Waals surface area contributed by atoms with Crippen molar-refractivity contribution in [1.29, 1.82) is 0 Å². The second-order valence-corrected chi connectivity index (χ2v) is 5.09. The van der Waals surface area contributed by atoms with Crippen LogP contribution in [-0.4, -0.2) is 34.7 Å². The zero-order chi connectivity index (χ0) is 15.7. The molecule has 110 valence electrons. The molecule has 0 unspecified atom stereocenters. The lowest BCUT2D eigenvalue weighted by Gasteiger charge is -2.20. The Morgan fingerprint density at radius 1 is 1.29 bits per heavy atom. The monoisotopic (exact) mass is 288 g/mol. The van der Waals surface area contributed by atoms with Gasteiger partial charge in [-0.1, -0.05) is 6.07 Å². The summed E-state index contributed by atoms with van der Waals surface area (Å²) in [5, 5.41) is 21.5. The van der Waals surface area contributed by atoms with Gasteiger partial charge in [0.2, 0.25) is 0 Å². The zero-order valence-corrected chi connectivity index (χ0v) is 12.1. The van der Waals surface area contributed by atoms with E-state index in [-0.39, 0.29) is 28.5 Å². The standard InChI is InChI=1S/C14H17BN2O4/c1-8(2)17-11-6-9(15(20)21)4-5-10(11)13(18)7-12(17)14(19)16-3/h4-8,20-21H,1-3H3,(H,16,19). The summed E-state index contributed by atoms with van der Waals surface area (Å²) in [6, 6.07) is 5.77. The molecule has 0 spiro atoms. The average molecular weight is 288 g/mol. The predicted octanol–water partition coefficient (Wildman–Crippen LogP) is -0.378. The molecule has 0 aliphatic rings. The van der Waals surface area contributed by atoms with Crippen molar-refractivity contribution in [2.24, 2.45) is 0 Å². The van der Waals surface area contributed by atoms with Crippen LogP contribution in [0.4, 0.5) is 0 Å². The summed E-state index contributed by atoms with van der Waals surface area (Å²) >= 11 is 0. The number of pyridine rings is 1. The van der Waals surface area contributed by atoms with E-state index in [2.05, 4.69) is 5.32 Å². The Bertz CT molecular complexity index is 752. The minimum absolute atomic E-state index is 0.0773. The van der Waals surface area contributed by atoms with Gasteiger partial charge in [0.25, 0.3) is 5.91 Å². The van der Waals surface area contributed by atoms with E-state index in [0.717, 1.165) is 0 Å². The summed E-state index contributed by atoms with van der Waals surface area (Å²) in [4.78, 5) is 24.1. The molecule has 0 aliphatic heterocycles. The van der Waals surface area contributed by atoms with Crippen molar-refractivity contribution in [3.63, 3.8) is 0 Å². The van der Waals surface area contributed by atoms with Gasteiger partial charge in [0.05, 0.1) is 5.52 Å². The molecule has 2 aromatic rings. The van der Waals surface area contributed by atoms with E-state index < -0.39 is 7.12 Å². The maximum Gasteiger partial charge on any atom is 0.488 e. The fourth-order valence-corrected chi connectivity index (χ4v) is 2.38. The third-order valence-corrected chi connectivity index (χ3v) is 3.35. The zero-order valence-electron chi connectivity index (χ0n) is 12.1. The summed E-state index contributed by atoms with van der Waals surface area (Å²) in [7, 11) is -0.135. The van der Waals surface area contributed by atoms with Gasteiger partial charge in [0, 0.05) is 24.5 Å². The summed E-state index contributed by atoms with van der Waals surface area (Å²) in [6.45, 7) is 3.77. The summed E-state index contributed by atoms with van der Waals surface area (Å²) in [5.74, 6) is -0.363. The predicted molar refractivity (Wildman–Crippen MR) is 81.8 cm³/mol. The van der Waals surface area contributed by atoms with E-state index in [4.69, 9.17) is 0 Å². The number of aromatic nitrogens is 1. The van der Waals surface area contributed by atoms with E-state index in [1.165, 1.54) is 25.2 Å². The third kappa shape index (κ3) is 2.70. The molecule has 1 aromatic heterocycles. The van der Waals surface area contributed by atoms with Gasteiger partial charge < -0.3 is 19.9 Å². The molecule has 0 saturated heterocycles. The number of carbonyl (C=O) groups excluding carboxylic acids is 1. The molecule has 0 aliphatic carbocycles. The van der Waals surface area contributed by atoms with Gasteiger partial charge in [-0.05, 0) is 31.4 Å². The van der Waals surface area contributed by atoms with Crippen LogP contribution in [-0.2, 0) is 0 Å². The van der Waals surface area contributed by atoms with Crippen LogP contribution in [0.2, 0.25) is 0 Å². The Hall–Kier alpha value is -2.12. The molecule has 0 bridgehead atoms. The van der Waals surface area contributed by atoms with Gasteiger partial charge in [-0.15, -0.1) is 0 Å². The molecule has 1 heterocycles. The number of carbonyl (C=O) groups is 1. The van der Waals surface area contributed by atoms with E-state index in [0.29, 0.717) is 10.9 Å². The topological polar surface area (TPSA) is 91.6 Å². The smallest absolute Gasteiger partial charge is 0.423 e. The number of nitrogens with one attached hydrogen (secondary N) is 1. The first kappa shape index (κ1) is 15.3. The molecule has 7 heteroatoms. The minimum atomic E-state index is -1.63. The molecule has 0 saturated carbocycles. The van der Waals surface area contributed by atoms with Gasteiger partial charge in [0.1, 0.15) is 5.69 Å². The molecule has 2 rings (SSSR count). The van der Waals surface area contributed by atoms with Crippen LogP contribution in [0.25, 0.3) is 10.9 Å². The van der Waals surface area contributed by atoms with Crippen LogP contribution in [0.3, 0.4) is 0 Å². The fourth-order valence-electron chi connectivity index (χ4n) is 2.38. The van der Waals surface area contributed by atoms with Crippen LogP contribution >= 0.6 is 0 Å².